The predicted octanol–water partition coefficient (Wildman–Crippen LogP) is 3.08. The van der Waals surface area contributed by atoms with Crippen molar-refractivity contribution < 1.29 is 14.3 Å². The van der Waals surface area contributed by atoms with Crippen molar-refractivity contribution in [2.24, 2.45) is 0 Å². The standard InChI is InChI=1S/C15H16N2O3.ClH/c1-10-8-14(20-3)12(9-13(10)19-2)17-15(18)11-4-6-16-7-5-11;/h4-9H,1-3H3,(H,17,18);1H. The number of anilines is 1. The van der Waals surface area contributed by atoms with Crippen LogP contribution < -0.4 is 14.8 Å². The number of hydrogen-bond acceptors (Lipinski definition) is 4. The molecule has 1 aromatic heterocycles. The molecule has 0 bridgehead atoms. The number of aromatic nitrogens is 1. The molecule has 1 heterocycles. The lowest BCUT2D eigenvalue weighted by molar-refractivity contribution is 0.102. The molecule has 0 saturated carbocycles. The van der Waals surface area contributed by atoms with Gasteiger partial charge in [-0.3, -0.25) is 9.78 Å². The number of methoxy groups -OCH3 is 2. The lowest BCUT2D eigenvalue weighted by Gasteiger charge is -2.13. The average Bonchev–Trinajstić information content (AvgIpc) is 2.49. The maximum Gasteiger partial charge on any atom is 0.255 e. The Bertz CT molecular complexity index is 618. The van der Waals surface area contributed by atoms with Crippen molar-refractivity contribution in [3.05, 3.63) is 47.8 Å². The van der Waals surface area contributed by atoms with Crippen LogP contribution in [-0.2, 0) is 0 Å². The smallest absolute Gasteiger partial charge is 0.255 e. The first kappa shape index (κ1) is 16.8. The van der Waals surface area contributed by atoms with E-state index in [1.807, 2.05) is 13.0 Å². The molecule has 2 aromatic rings. The van der Waals surface area contributed by atoms with Gasteiger partial charge in [-0.2, -0.15) is 0 Å². The van der Waals surface area contributed by atoms with E-state index in [0.29, 0.717) is 22.7 Å². The molecule has 0 aliphatic carbocycles. The first-order valence-electron chi connectivity index (χ1n) is 6.09. The number of carbonyl (C=O) groups is 1. The fraction of sp³-hybridized carbons (Fsp3) is 0.200. The van der Waals surface area contributed by atoms with Crippen molar-refractivity contribution in [2.75, 3.05) is 19.5 Å². The van der Waals surface area contributed by atoms with Gasteiger partial charge in [-0.25, -0.2) is 0 Å². The molecule has 0 atom stereocenters. The van der Waals surface area contributed by atoms with Gasteiger partial charge in [-0.15, -0.1) is 12.4 Å². The normalized spacial score (nSPS) is 9.48. The summed E-state index contributed by atoms with van der Waals surface area (Å²) in [6.07, 6.45) is 3.14. The van der Waals surface area contributed by atoms with E-state index in [-0.39, 0.29) is 18.3 Å². The second-order valence-corrected chi connectivity index (χ2v) is 4.21. The number of aryl methyl sites for hydroxylation is 1. The zero-order valence-corrected chi connectivity index (χ0v) is 12.9. The van der Waals surface area contributed by atoms with E-state index in [4.69, 9.17) is 9.47 Å². The Kier molecular flexibility index (Phi) is 5.99. The first-order valence-corrected chi connectivity index (χ1v) is 6.09. The third-order valence-corrected chi connectivity index (χ3v) is 2.91. The Morgan fingerprint density at radius 3 is 2.29 bits per heavy atom. The number of pyridine rings is 1. The molecule has 0 spiro atoms. The monoisotopic (exact) mass is 308 g/mol. The first-order chi connectivity index (χ1) is 9.65. The zero-order chi connectivity index (χ0) is 14.5. The Morgan fingerprint density at radius 2 is 1.71 bits per heavy atom. The van der Waals surface area contributed by atoms with Gasteiger partial charge in [0, 0.05) is 24.0 Å². The molecule has 0 aliphatic heterocycles. The van der Waals surface area contributed by atoms with Gasteiger partial charge in [0.25, 0.3) is 5.91 Å². The SMILES string of the molecule is COc1cc(NC(=O)c2ccncc2)c(OC)cc1C.Cl. The van der Waals surface area contributed by atoms with Gasteiger partial charge in [0.2, 0.25) is 0 Å². The molecule has 5 nitrogen and oxygen atoms in total. The molecule has 0 aliphatic rings. The molecule has 0 saturated heterocycles. The minimum absolute atomic E-state index is 0. The van der Waals surface area contributed by atoms with Gasteiger partial charge in [-0.05, 0) is 30.7 Å². The molecule has 2 rings (SSSR count). The van der Waals surface area contributed by atoms with Crippen LogP contribution in [0.3, 0.4) is 0 Å². The number of halogens is 1. The van der Waals surface area contributed by atoms with Gasteiger partial charge in [0.05, 0.1) is 19.9 Å². The zero-order valence-electron chi connectivity index (χ0n) is 12.0. The van der Waals surface area contributed by atoms with E-state index in [1.165, 1.54) is 0 Å². The Balaban J connectivity index is 0.00000220. The van der Waals surface area contributed by atoms with Crippen LogP contribution in [0.2, 0.25) is 0 Å². The summed E-state index contributed by atoms with van der Waals surface area (Å²) in [5.74, 6) is 1.05. The summed E-state index contributed by atoms with van der Waals surface area (Å²) in [5.41, 5.74) is 2.03. The second-order valence-electron chi connectivity index (χ2n) is 4.21. The Labute approximate surface area is 129 Å². The molecule has 21 heavy (non-hydrogen) atoms. The van der Waals surface area contributed by atoms with Crippen LogP contribution in [0.4, 0.5) is 5.69 Å². The summed E-state index contributed by atoms with van der Waals surface area (Å²) in [6, 6.07) is 6.86. The van der Waals surface area contributed by atoms with E-state index in [9.17, 15) is 4.79 Å². The summed E-state index contributed by atoms with van der Waals surface area (Å²) < 4.78 is 10.5. The van der Waals surface area contributed by atoms with Crippen LogP contribution in [0.25, 0.3) is 0 Å². The van der Waals surface area contributed by atoms with E-state index < -0.39 is 0 Å². The van der Waals surface area contributed by atoms with Crippen LogP contribution in [0.1, 0.15) is 15.9 Å². The van der Waals surface area contributed by atoms with Crippen LogP contribution >= 0.6 is 12.4 Å². The molecule has 0 fully saturated rings. The van der Waals surface area contributed by atoms with Crippen LogP contribution in [0, 0.1) is 6.92 Å². The van der Waals surface area contributed by atoms with Gasteiger partial charge in [0.15, 0.2) is 0 Å². The summed E-state index contributed by atoms with van der Waals surface area (Å²) in [6.45, 7) is 1.91. The highest BCUT2D eigenvalue weighted by molar-refractivity contribution is 6.05. The van der Waals surface area contributed by atoms with E-state index in [2.05, 4.69) is 10.3 Å². The number of nitrogens with zero attached hydrogens (tertiary/aromatic N) is 1. The Hall–Kier alpha value is -2.27. The number of ether oxygens (including phenoxy) is 2. The van der Waals surface area contributed by atoms with Gasteiger partial charge >= 0.3 is 0 Å². The molecule has 1 amide bonds. The number of carbonyl (C=O) groups excluding carboxylic acids is 1. The summed E-state index contributed by atoms with van der Waals surface area (Å²) in [5, 5.41) is 2.81. The number of benzene rings is 1. The topological polar surface area (TPSA) is 60.5 Å². The van der Waals surface area contributed by atoms with E-state index in [0.717, 1.165) is 5.56 Å². The second kappa shape index (κ2) is 7.50. The van der Waals surface area contributed by atoms with Crippen LogP contribution in [0.15, 0.2) is 36.7 Å². The average molecular weight is 309 g/mol. The fourth-order valence-corrected chi connectivity index (χ4v) is 1.85. The van der Waals surface area contributed by atoms with Gasteiger partial charge < -0.3 is 14.8 Å². The van der Waals surface area contributed by atoms with Crippen molar-refractivity contribution >= 4 is 24.0 Å². The van der Waals surface area contributed by atoms with Crippen molar-refractivity contribution in [1.29, 1.82) is 0 Å². The molecule has 1 N–H and O–H groups in total. The quantitative estimate of drug-likeness (QED) is 0.943. The van der Waals surface area contributed by atoms with Crippen molar-refractivity contribution in [3.63, 3.8) is 0 Å². The highest BCUT2D eigenvalue weighted by Crippen LogP contribution is 2.32. The van der Waals surface area contributed by atoms with Crippen molar-refractivity contribution in [1.82, 2.24) is 4.98 Å². The third kappa shape index (κ3) is 3.86. The highest BCUT2D eigenvalue weighted by Gasteiger charge is 2.12. The van der Waals surface area contributed by atoms with E-state index >= 15 is 0 Å². The van der Waals surface area contributed by atoms with Crippen molar-refractivity contribution in [3.8, 4) is 11.5 Å². The highest BCUT2D eigenvalue weighted by atomic mass is 35.5. The van der Waals surface area contributed by atoms with Crippen LogP contribution in [0.5, 0.6) is 11.5 Å². The Morgan fingerprint density at radius 1 is 1.10 bits per heavy atom. The maximum absolute atomic E-state index is 12.1. The number of amides is 1. The number of nitrogens with one attached hydrogen (secondary N) is 1. The summed E-state index contributed by atoms with van der Waals surface area (Å²) in [4.78, 5) is 16.0. The largest absolute Gasteiger partial charge is 0.496 e. The molecular formula is C15H17ClN2O3. The minimum Gasteiger partial charge on any atom is -0.496 e. The predicted molar refractivity (Wildman–Crippen MR) is 83.7 cm³/mol. The molecule has 6 heteroatoms. The van der Waals surface area contributed by atoms with Crippen LogP contribution in [-0.4, -0.2) is 25.1 Å². The number of rotatable bonds is 4. The van der Waals surface area contributed by atoms with E-state index in [1.54, 1.807) is 44.8 Å². The minimum atomic E-state index is -0.225. The lowest BCUT2D eigenvalue weighted by Crippen LogP contribution is -2.13. The molecular weight excluding hydrogens is 292 g/mol. The molecule has 0 radical (unpaired) electrons. The van der Waals surface area contributed by atoms with Gasteiger partial charge in [0.1, 0.15) is 11.5 Å². The molecule has 1 aromatic carbocycles. The molecule has 0 unspecified atom stereocenters. The molecule has 112 valence electrons. The maximum atomic E-state index is 12.1. The fourth-order valence-electron chi connectivity index (χ4n) is 1.85. The number of hydrogen-bond donors (Lipinski definition) is 1. The summed E-state index contributed by atoms with van der Waals surface area (Å²) in [7, 11) is 3.15. The lowest BCUT2D eigenvalue weighted by atomic mass is 10.1. The van der Waals surface area contributed by atoms with Crippen molar-refractivity contribution in [2.45, 2.75) is 6.92 Å². The summed E-state index contributed by atoms with van der Waals surface area (Å²) >= 11 is 0. The van der Waals surface area contributed by atoms with Gasteiger partial charge in [-0.1, -0.05) is 0 Å². The third-order valence-electron chi connectivity index (χ3n) is 2.91.